The van der Waals surface area contributed by atoms with Crippen LogP contribution in [0.25, 0.3) is 11.0 Å². The predicted molar refractivity (Wildman–Crippen MR) is 113 cm³/mol. The molecule has 3 heterocycles. The molecule has 0 saturated heterocycles. The molecule has 2 aromatic heterocycles. The molecule has 1 aliphatic heterocycles. The van der Waals surface area contributed by atoms with Gasteiger partial charge in [-0.25, -0.2) is 9.67 Å². The average molecular weight is 417 g/mol. The molecule has 1 aliphatic rings. The highest BCUT2D eigenvalue weighted by atomic mass is 16.6. The van der Waals surface area contributed by atoms with Crippen molar-refractivity contribution in [2.75, 3.05) is 11.4 Å². The van der Waals surface area contributed by atoms with Crippen molar-refractivity contribution < 1.29 is 9.72 Å². The molecule has 10 heteroatoms. The number of nitrogens with zero attached hydrogens (tertiary/aromatic N) is 7. The van der Waals surface area contributed by atoms with E-state index in [2.05, 4.69) is 19.9 Å². The van der Waals surface area contributed by atoms with Gasteiger partial charge >= 0.3 is 0 Å². The number of rotatable bonds is 5. The number of amides is 1. The molecule has 2 aromatic carbocycles. The second kappa shape index (κ2) is 7.31. The summed E-state index contributed by atoms with van der Waals surface area (Å²) in [6, 6.07) is 12.5. The van der Waals surface area contributed by atoms with Crippen molar-refractivity contribution in [2.45, 2.75) is 26.4 Å². The van der Waals surface area contributed by atoms with Gasteiger partial charge in [0.05, 0.1) is 34.4 Å². The number of aryl methyl sites for hydroxylation is 1. The molecule has 31 heavy (non-hydrogen) atoms. The smallest absolute Gasteiger partial charge is 0.271 e. The van der Waals surface area contributed by atoms with E-state index in [1.54, 1.807) is 17.2 Å². The van der Waals surface area contributed by atoms with Gasteiger partial charge in [-0.05, 0) is 31.0 Å². The molecular formula is C21H19N7O3. The van der Waals surface area contributed by atoms with Crippen LogP contribution in [0, 0.1) is 17.0 Å². The fourth-order valence-electron chi connectivity index (χ4n) is 4.01. The zero-order chi connectivity index (χ0) is 21.5. The van der Waals surface area contributed by atoms with Crippen molar-refractivity contribution in [3.8, 4) is 0 Å². The lowest BCUT2D eigenvalue weighted by molar-refractivity contribution is -0.384. The Morgan fingerprint density at radius 1 is 1.23 bits per heavy atom. The Morgan fingerprint density at radius 3 is 2.90 bits per heavy atom. The number of para-hydroxylation sites is 2. The van der Waals surface area contributed by atoms with Crippen molar-refractivity contribution in [1.29, 1.82) is 0 Å². The van der Waals surface area contributed by atoms with Crippen molar-refractivity contribution >= 4 is 28.3 Å². The first kappa shape index (κ1) is 18.9. The zero-order valence-corrected chi connectivity index (χ0v) is 16.8. The van der Waals surface area contributed by atoms with E-state index in [1.165, 1.54) is 16.8 Å². The van der Waals surface area contributed by atoms with E-state index in [4.69, 9.17) is 0 Å². The SMILES string of the molecule is Cc1nc2ccccc2n1Cc1cn(CC(=O)N2CCc3ccc([N+](=O)[O-])cc32)nn1. The van der Waals surface area contributed by atoms with Gasteiger partial charge in [-0.2, -0.15) is 0 Å². The van der Waals surface area contributed by atoms with Gasteiger partial charge in [0.25, 0.3) is 5.69 Å². The highest BCUT2D eigenvalue weighted by molar-refractivity contribution is 5.95. The summed E-state index contributed by atoms with van der Waals surface area (Å²) in [5.74, 6) is 0.696. The standard InChI is InChI=1S/C21H19N7O3/c1-14-22-18-4-2-3-5-19(18)27(14)12-16-11-25(24-23-16)13-21(29)26-9-8-15-6-7-17(28(30)31)10-20(15)26/h2-7,10-11H,8-9,12-13H2,1H3. The van der Waals surface area contributed by atoms with Gasteiger partial charge in [-0.3, -0.25) is 14.9 Å². The fourth-order valence-corrected chi connectivity index (χ4v) is 4.01. The molecular weight excluding hydrogens is 398 g/mol. The number of nitro groups is 1. The average Bonchev–Trinajstić information content (AvgIpc) is 3.45. The van der Waals surface area contributed by atoms with E-state index in [1.807, 2.05) is 31.2 Å². The van der Waals surface area contributed by atoms with Crippen LogP contribution < -0.4 is 4.90 Å². The van der Waals surface area contributed by atoms with E-state index < -0.39 is 4.92 Å². The minimum Gasteiger partial charge on any atom is -0.322 e. The van der Waals surface area contributed by atoms with Crippen LogP contribution in [-0.4, -0.2) is 41.9 Å². The van der Waals surface area contributed by atoms with E-state index in [0.717, 1.165) is 28.1 Å². The van der Waals surface area contributed by atoms with Gasteiger partial charge in [-0.1, -0.05) is 23.4 Å². The van der Waals surface area contributed by atoms with Crippen LogP contribution in [0.3, 0.4) is 0 Å². The molecule has 156 valence electrons. The van der Waals surface area contributed by atoms with E-state index in [0.29, 0.717) is 25.2 Å². The summed E-state index contributed by atoms with van der Waals surface area (Å²) in [4.78, 5) is 29.6. The lowest BCUT2D eigenvalue weighted by Crippen LogP contribution is -2.32. The van der Waals surface area contributed by atoms with E-state index in [9.17, 15) is 14.9 Å². The molecule has 0 N–H and O–H groups in total. The number of benzene rings is 2. The van der Waals surface area contributed by atoms with Crippen molar-refractivity contribution in [1.82, 2.24) is 24.5 Å². The summed E-state index contributed by atoms with van der Waals surface area (Å²) in [5, 5.41) is 19.4. The Morgan fingerprint density at radius 2 is 2.06 bits per heavy atom. The highest BCUT2D eigenvalue weighted by Gasteiger charge is 2.27. The number of imidazole rings is 1. The van der Waals surface area contributed by atoms with E-state index in [-0.39, 0.29) is 18.1 Å². The fraction of sp³-hybridized carbons (Fsp3) is 0.238. The number of aromatic nitrogens is 5. The van der Waals surface area contributed by atoms with Crippen molar-refractivity contribution in [3.05, 3.63) is 75.9 Å². The topological polar surface area (TPSA) is 112 Å². The number of carbonyl (C=O) groups excluding carboxylic acids is 1. The molecule has 5 rings (SSSR count). The Hall–Kier alpha value is -4.08. The lowest BCUT2D eigenvalue weighted by atomic mass is 10.1. The van der Waals surface area contributed by atoms with Crippen LogP contribution in [0.5, 0.6) is 0 Å². The summed E-state index contributed by atoms with van der Waals surface area (Å²) < 4.78 is 3.56. The normalized spacial score (nSPS) is 13.0. The third-order valence-corrected chi connectivity index (χ3v) is 5.53. The number of hydrogen-bond donors (Lipinski definition) is 0. The van der Waals surface area contributed by atoms with Crippen LogP contribution in [0.4, 0.5) is 11.4 Å². The number of nitro benzene ring substituents is 1. The number of carbonyl (C=O) groups is 1. The van der Waals surface area contributed by atoms with Crippen molar-refractivity contribution in [2.24, 2.45) is 0 Å². The Balaban J connectivity index is 1.33. The molecule has 1 amide bonds. The zero-order valence-electron chi connectivity index (χ0n) is 16.8. The minimum atomic E-state index is -0.452. The first-order chi connectivity index (χ1) is 15.0. The van der Waals surface area contributed by atoms with Gasteiger partial charge in [-0.15, -0.1) is 5.10 Å². The Kier molecular flexibility index (Phi) is 4.46. The molecule has 4 aromatic rings. The molecule has 0 bridgehead atoms. The summed E-state index contributed by atoms with van der Waals surface area (Å²) in [5.41, 5.74) is 4.16. The molecule has 0 aliphatic carbocycles. The second-order valence-electron chi connectivity index (χ2n) is 7.51. The summed E-state index contributed by atoms with van der Waals surface area (Å²) in [7, 11) is 0. The van der Waals surface area contributed by atoms with E-state index >= 15 is 0 Å². The minimum absolute atomic E-state index is 0.0127. The second-order valence-corrected chi connectivity index (χ2v) is 7.51. The molecule has 0 saturated carbocycles. The molecule has 0 fully saturated rings. The monoisotopic (exact) mass is 417 g/mol. The van der Waals surface area contributed by atoms with Crippen molar-refractivity contribution in [3.63, 3.8) is 0 Å². The number of fused-ring (bicyclic) bond motifs is 2. The van der Waals surface area contributed by atoms with Crippen LogP contribution in [0.15, 0.2) is 48.7 Å². The van der Waals surface area contributed by atoms with Gasteiger partial charge < -0.3 is 9.47 Å². The number of anilines is 1. The number of hydrogen-bond acceptors (Lipinski definition) is 6. The molecule has 0 unspecified atom stereocenters. The molecule has 0 radical (unpaired) electrons. The molecule has 0 atom stereocenters. The maximum atomic E-state index is 12.9. The Labute approximate surface area is 176 Å². The van der Waals surface area contributed by atoms with Gasteiger partial charge in [0, 0.05) is 18.7 Å². The number of non-ortho nitro benzene ring substituents is 1. The maximum absolute atomic E-state index is 12.9. The maximum Gasteiger partial charge on any atom is 0.271 e. The van der Waals surface area contributed by atoms with Crippen LogP contribution >= 0.6 is 0 Å². The van der Waals surface area contributed by atoms with Crippen LogP contribution in [0.2, 0.25) is 0 Å². The third-order valence-electron chi connectivity index (χ3n) is 5.53. The van der Waals surface area contributed by atoms with Gasteiger partial charge in [0.15, 0.2) is 0 Å². The summed E-state index contributed by atoms with van der Waals surface area (Å²) >= 11 is 0. The van der Waals surface area contributed by atoms with Gasteiger partial charge in [0.1, 0.15) is 18.1 Å². The first-order valence-corrected chi connectivity index (χ1v) is 9.88. The van der Waals surface area contributed by atoms with Gasteiger partial charge in [0.2, 0.25) is 5.91 Å². The Bertz CT molecular complexity index is 1320. The highest BCUT2D eigenvalue weighted by Crippen LogP contribution is 2.31. The summed E-state index contributed by atoms with van der Waals surface area (Å²) in [6.45, 7) is 2.95. The first-order valence-electron chi connectivity index (χ1n) is 9.88. The largest absolute Gasteiger partial charge is 0.322 e. The quantitative estimate of drug-likeness (QED) is 0.364. The predicted octanol–water partition coefficient (Wildman–Crippen LogP) is 2.48. The van der Waals surface area contributed by atoms with Crippen LogP contribution in [-0.2, 0) is 24.3 Å². The molecule has 0 spiro atoms. The third kappa shape index (κ3) is 3.41. The lowest BCUT2D eigenvalue weighted by Gasteiger charge is -2.16. The van der Waals surface area contributed by atoms with Crippen LogP contribution in [0.1, 0.15) is 17.1 Å². The molecule has 10 nitrogen and oxygen atoms in total. The summed E-state index contributed by atoms with van der Waals surface area (Å²) in [6.07, 6.45) is 2.42.